The summed E-state index contributed by atoms with van der Waals surface area (Å²) in [4.78, 5) is 15.8. The smallest absolute Gasteiger partial charge is 0.409 e. The molecule has 0 radical (unpaired) electrons. The molecule has 1 N–H and O–H groups in total. The maximum Gasteiger partial charge on any atom is 0.409 e. The van der Waals surface area contributed by atoms with Crippen molar-refractivity contribution in [2.45, 2.75) is 62.0 Å². The van der Waals surface area contributed by atoms with Crippen LogP contribution in [0.15, 0.2) is 77.7 Å². The lowest BCUT2D eigenvalue weighted by Crippen LogP contribution is -2.59. The lowest BCUT2D eigenvalue weighted by molar-refractivity contribution is -0.122. The third kappa shape index (κ3) is 6.27. The summed E-state index contributed by atoms with van der Waals surface area (Å²) in [5, 5.41) is 0. The number of amides is 1. The van der Waals surface area contributed by atoms with Crippen molar-refractivity contribution >= 4 is 31.7 Å². The lowest BCUT2D eigenvalue weighted by atomic mass is 9.94. The van der Waals surface area contributed by atoms with Gasteiger partial charge in [-0.25, -0.2) is 13.1 Å². The van der Waals surface area contributed by atoms with Crippen LogP contribution in [0.5, 0.6) is 11.5 Å². The third-order valence-corrected chi connectivity index (χ3v) is 11.0. The third-order valence-electron chi connectivity index (χ3n) is 7.70. The Bertz CT molecular complexity index is 1600. The quantitative estimate of drug-likeness (QED) is 0.331. The zero-order valence-electron chi connectivity index (χ0n) is 24.5. The summed E-state index contributed by atoms with van der Waals surface area (Å²) >= 11 is 0. The summed E-state index contributed by atoms with van der Waals surface area (Å²) in [5.41, 5.74) is 2.20. The van der Waals surface area contributed by atoms with Crippen molar-refractivity contribution in [1.29, 1.82) is 0 Å². The zero-order valence-corrected chi connectivity index (χ0v) is 26.2. The average Bonchev–Trinajstić information content (AvgIpc) is 2.97. The highest BCUT2D eigenvalue weighted by atomic mass is 32.2. The van der Waals surface area contributed by atoms with E-state index in [1.54, 1.807) is 18.2 Å². The normalized spacial score (nSPS) is 15.5. The van der Waals surface area contributed by atoms with Crippen molar-refractivity contribution in [3.63, 3.8) is 0 Å². The number of ether oxygens (including phenoxy) is 1. The molecule has 3 aromatic rings. The van der Waals surface area contributed by atoms with Crippen molar-refractivity contribution in [3.8, 4) is 11.5 Å². The molecule has 1 amide bonds. The Morgan fingerprint density at radius 3 is 1.95 bits per heavy atom. The topological polar surface area (TPSA) is 119 Å². The van der Waals surface area contributed by atoms with Crippen molar-refractivity contribution in [1.82, 2.24) is 4.72 Å². The number of sulfone groups is 1. The van der Waals surface area contributed by atoms with Crippen LogP contribution in [0.4, 0.5) is 5.69 Å². The molecule has 0 unspecified atom stereocenters. The lowest BCUT2D eigenvalue weighted by Gasteiger charge is -2.40. The number of carbonyl (C=O) groups is 1. The number of hydrogen-bond donors (Lipinski definition) is 1. The molecule has 0 bridgehead atoms. The molecular weight excluding hydrogens is 576 g/mol. The average molecular weight is 615 g/mol. The standard InChI is InChI=1S/C31H38N2O7S2/c1-22(2)27-15-10-16-28(23(3)4)29(27)40-42(37,38)32-30(34)31(41(35,36)26-14-9-13-25(21-26)39-5)17-19-33(20-18-31)24-11-7-6-8-12-24/h6-16,21-23H,17-20H2,1-5H3,(H,32,34). The fraction of sp³-hybridized carbons (Fsp3) is 0.387. The molecule has 226 valence electrons. The van der Waals surface area contributed by atoms with Crippen molar-refractivity contribution in [3.05, 3.63) is 83.9 Å². The molecule has 1 saturated heterocycles. The second kappa shape index (κ2) is 12.3. The summed E-state index contributed by atoms with van der Waals surface area (Å²) in [6, 6.07) is 20.7. The minimum Gasteiger partial charge on any atom is -0.497 e. The summed E-state index contributed by atoms with van der Waals surface area (Å²) in [6.45, 7) is 8.08. The Kier molecular flexibility index (Phi) is 9.22. The Morgan fingerprint density at radius 2 is 1.40 bits per heavy atom. The number of anilines is 1. The van der Waals surface area contributed by atoms with E-state index in [2.05, 4.69) is 0 Å². The summed E-state index contributed by atoms with van der Waals surface area (Å²) in [5.74, 6) is -0.827. The number of hydrogen-bond acceptors (Lipinski definition) is 8. The van der Waals surface area contributed by atoms with Gasteiger partial charge in [-0.3, -0.25) is 4.79 Å². The predicted molar refractivity (Wildman–Crippen MR) is 163 cm³/mol. The van der Waals surface area contributed by atoms with Gasteiger partial charge in [0.1, 0.15) is 5.75 Å². The van der Waals surface area contributed by atoms with Gasteiger partial charge in [-0.2, -0.15) is 8.42 Å². The van der Waals surface area contributed by atoms with Gasteiger partial charge in [-0.15, -0.1) is 0 Å². The molecule has 0 spiro atoms. The van der Waals surface area contributed by atoms with Gasteiger partial charge in [-0.05, 0) is 66.1 Å². The SMILES string of the molecule is COc1cccc(S(=O)(=O)C2(C(=O)NS(=O)(=O)Oc3c(C(C)C)cccc3C(C)C)CCN(c3ccccc3)CC2)c1. The Balaban J connectivity index is 1.72. The summed E-state index contributed by atoms with van der Waals surface area (Å²) in [6.07, 6.45) is -0.273. The first-order valence-corrected chi connectivity index (χ1v) is 16.8. The fourth-order valence-corrected chi connectivity index (χ4v) is 8.23. The number of nitrogens with one attached hydrogen (secondary N) is 1. The van der Waals surface area contributed by atoms with Gasteiger partial charge in [0.05, 0.1) is 12.0 Å². The van der Waals surface area contributed by atoms with Crippen LogP contribution in [0.25, 0.3) is 0 Å². The van der Waals surface area contributed by atoms with E-state index in [0.29, 0.717) is 16.9 Å². The number of carbonyl (C=O) groups excluding carboxylic acids is 1. The first-order valence-electron chi connectivity index (χ1n) is 13.9. The number of rotatable bonds is 10. The van der Waals surface area contributed by atoms with Crippen LogP contribution in [0.1, 0.15) is 63.5 Å². The largest absolute Gasteiger partial charge is 0.497 e. The van der Waals surface area contributed by atoms with E-state index >= 15 is 0 Å². The van der Waals surface area contributed by atoms with E-state index in [9.17, 15) is 21.6 Å². The van der Waals surface area contributed by atoms with Crippen LogP contribution in [-0.4, -0.2) is 47.7 Å². The van der Waals surface area contributed by atoms with Crippen LogP contribution in [-0.2, 0) is 24.9 Å². The molecule has 9 nitrogen and oxygen atoms in total. The first-order chi connectivity index (χ1) is 19.8. The second-order valence-electron chi connectivity index (χ2n) is 11.0. The zero-order chi connectivity index (χ0) is 30.7. The molecule has 1 aliphatic rings. The molecule has 4 rings (SSSR count). The number of para-hydroxylation sites is 2. The number of methoxy groups -OCH3 is 1. The molecule has 3 aromatic carbocycles. The molecule has 0 atom stereocenters. The van der Waals surface area contributed by atoms with Gasteiger partial charge >= 0.3 is 10.3 Å². The predicted octanol–water partition coefficient (Wildman–Crippen LogP) is 5.19. The molecule has 1 fully saturated rings. The van der Waals surface area contributed by atoms with Crippen molar-refractivity contribution in [2.24, 2.45) is 0 Å². The van der Waals surface area contributed by atoms with Gasteiger partial charge in [0.25, 0.3) is 5.91 Å². The number of benzene rings is 3. The van der Waals surface area contributed by atoms with Gasteiger partial charge < -0.3 is 13.8 Å². The van der Waals surface area contributed by atoms with Crippen LogP contribution in [0.3, 0.4) is 0 Å². The molecule has 1 aliphatic heterocycles. The van der Waals surface area contributed by atoms with E-state index in [0.717, 1.165) is 5.69 Å². The van der Waals surface area contributed by atoms with E-state index in [1.165, 1.54) is 25.3 Å². The molecule has 11 heteroatoms. The van der Waals surface area contributed by atoms with E-state index in [1.807, 2.05) is 73.7 Å². The Morgan fingerprint density at radius 1 is 0.833 bits per heavy atom. The monoisotopic (exact) mass is 614 g/mol. The van der Waals surface area contributed by atoms with Crippen LogP contribution >= 0.6 is 0 Å². The maximum absolute atomic E-state index is 14.2. The molecule has 0 saturated carbocycles. The fourth-order valence-electron chi connectivity index (χ4n) is 5.29. The number of nitrogens with zero attached hydrogens (tertiary/aromatic N) is 1. The highest BCUT2D eigenvalue weighted by molar-refractivity contribution is 7.94. The van der Waals surface area contributed by atoms with Gasteiger partial charge in [0.15, 0.2) is 20.3 Å². The van der Waals surface area contributed by atoms with Crippen LogP contribution in [0, 0.1) is 0 Å². The summed E-state index contributed by atoms with van der Waals surface area (Å²) in [7, 11) is -7.73. The van der Waals surface area contributed by atoms with Gasteiger partial charge in [-0.1, -0.05) is 70.2 Å². The van der Waals surface area contributed by atoms with Crippen molar-refractivity contribution in [2.75, 3.05) is 25.1 Å². The van der Waals surface area contributed by atoms with E-state index < -0.39 is 30.8 Å². The first kappa shape index (κ1) is 31.4. The highest BCUT2D eigenvalue weighted by Gasteiger charge is 2.54. The molecule has 0 aliphatic carbocycles. The van der Waals surface area contributed by atoms with Gasteiger partial charge in [0, 0.05) is 18.8 Å². The minimum absolute atomic E-state index is 0.0632. The molecule has 0 aromatic heterocycles. The highest BCUT2D eigenvalue weighted by Crippen LogP contribution is 2.39. The molecule has 1 heterocycles. The van der Waals surface area contributed by atoms with E-state index in [4.69, 9.17) is 8.92 Å². The summed E-state index contributed by atoms with van der Waals surface area (Å²) < 4.78 is 66.0. The maximum atomic E-state index is 14.2. The van der Waals surface area contributed by atoms with Crippen molar-refractivity contribution < 1.29 is 30.6 Å². The second-order valence-corrected chi connectivity index (χ2v) is 14.6. The van der Waals surface area contributed by atoms with E-state index in [-0.39, 0.29) is 48.4 Å². The Hall–Kier alpha value is -3.57. The minimum atomic E-state index is -4.76. The molecule has 42 heavy (non-hydrogen) atoms. The van der Waals surface area contributed by atoms with Crippen LogP contribution < -0.4 is 18.5 Å². The number of piperidine rings is 1. The Labute approximate surface area is 249 Å². The van der Waals surface area contributed by atoms with Gasteiger partial charge in [0.2, 0.25) is 0 Å². The van der Waals surface area contributed by atoms with Crippen LogP contribution in [0.2, 0.25) is 0 Å². The molecular formula is C31H38N2O7S2.